The normalized spacial score (nSPS) is 11.1. The minimum atomic E-state index is -0.918. The first kappa shape index (κ1) is 14.9. The van der Waals surface area contributed by atoms with E-state index in [1.165, 1.54) is 0 Å². The van der Waals surface area contributed by atoms with E-state index >= 15 is 0 Å². The summed E-state index contributed by atoms with van der Waals surface area (Å²) in [4.78, 5) is 22.4. The fourth-order valence-corrected chi connectivity index (χ4v) is 1.30. The number of hydrogen-bond acceptors (Lipinski definition) is 5. The molecular formula is C14H16O5. The second-order valence-corrected chi connectivity index (χ2v) is 3.69. The topological polar surface area (TPSA) is 72.8 Å². The zero-order chi connectivity index (χ0) is 14.1. The molecule has 0 aromatic heterocycles. The van der Waals surface area contributed by atoms with Crippen LogP contribution in [0.1, 0.15) is 12.5 Å². The molecule has 102 valence electrons. The third kappa shape index (κ3) is 5.83. The summed E-state index contributed by atoms with van der Waals surface area (Å²) in [6.45, 7) is 1.82. The molecule has 0 aliphatic heterocycles. The Kier molecular flexibility index (Phi) is 6.32. The molecule has 1 aromatic carbocycles. The van der Waals surface area contributed by atoms with Gasteiger partial charge in [-0.15, -0.1) is 0 Å². The predicted molar refractivity (Wildman–Crippen MR) is 68.4 cm³/mol. The Morgan fingerprint density at radius 2 is 1.95 bits per heavy atom. The van der Waals surface area contributed by atoms with E-state index in [1.807, 2.05) is 30.3 Å². The fourth-order valence-electron chi connectivity index (χ4n) is 1.30. The zero-order valence-corrected chi connectivity index (χ0v) is 10.7. The molecule has 1 N–H and O–H groups in total. The number of hydrogen-bond donors (Lipinski definition) is 1. The van der Waals surface area contributed by atoms with Crippen LogP contribution in [0.3, 0.4) is 0 Å². The molecule has 1 rings (SSSR count). The van der Waals surface area contributed by atoms with Gasteiger partial charge in [-0.3, -0.25) is 4.79 Å². The van der Waals surface area contributed by atoms with Crippen molar-refractivity contribution < 1.29 is 24.2 Å². The Morgan fingerprint density at radius 1 is 1.26 bits per heavy atom. The van der Waals surface area contributed by atoms with E-state index in [0.29, 0.717) is 6.61 Å². The van der Waals surface area contributed by atoms with Crippen LogP contribution in [0.5, 0.6) is 0 Å². The molecule has 0 unspecified atom stereocenters. The summed E-state index contributed by atoms with van der Waals surface area (Å²) in [6.07, 6.45) is 0.809. The van der Waals surface area contributed by atoms with Crippen molar-refractivity contribution in [3.8, 4) is 0 Å². The number of carbonyl (C=O) groups excluding carboxylic acids is 2. The Bertz CT molecular complexity index is 450. The molecule has 0 amide bonds. The lowest BCUT2D eigenvalue weighted by Gasteiger charge is -2.02. The first-order valence-corrected chi connectivity index (χ1v) is 5.85. The van der Waals surface area contributed by atoms with Crippen molar-refractivity contribution in [2.75, 3.05) is 13.2 Å². The monoisotopic (exact) mass is 264 g/mol. The maximum absolute atomic E-state index is 11.4. The van der Waals surface area contributed by atoms with Gasteiger partial charge in [0.25, 0.3) is 0 Å². The average molecular weight is 264 g/mol. The highest BCUT2D eigenvalue weighted by Gasteiger charge is 2.10. The molecule has 5 nitrogen and oxygen atoms in total. The molecule has 0 aliphatic rings. The quantitative estimate of drug-likeness (QED) is 0.461. The number of carbonyl (C=O) groups is 2. The standard InChI is InChI=1S/C14H16O5/c1-2-19-14(17)13(16)8-12(15)10-18-9-11-6-4-3-5-7-11/h3-8,16H,2,9-10H2,1H3/b13-8-. The number of aliphatic hydroxyl groups is 1. The minimum Gasteiger partial charge on any atom is -0.502 e. The van der Waals surface area contributed by atoms with Gasteiger partial charge in [0.15, 0.2) is 5.78 Å². The molecular weight excluding hydrogens is 248 g/mol. The van der Waals surface area contributed by atoms with Gasteiger partial charge in [-0.2, -0.15) is 0 Å². The molecule has 0 aliphatic carbocycles. The molecule has 0 saturated heterocycles. The van der Waals surface area contributed by atoms with Crippen LogP contribution in [0.4, 0.5) is 0 Å². The molecule has 0 saturated carbocycles. The van der Waals surface area contributed by atoms with Gasteiger partial charge in [0.05, 0.1) is 13.2 Å². The van der Waals surface area contributed by atoms with Gasteiger partial charge < -0.3 is 14.6 Å². The van der Waals surface area contributed by atoms with Crippen LogP contribution < -0.4 is 0 Å². The van der Waals surface area contributed by atoms with Gasteiger partial charge in [-0.05, 0) is 12.5 Å². The van der Waals surface area contributed by atoms with Crippen LogP contribution in [0, 0.1) is 0 Å². The van der Waals surface area contributed by atoms with Gasteiger partial charge in [0.2, 0.25) is 5.76 Å². The number of ether oxygens (including phenoxy) is 2. The smallest absolute Gasteiger partial charge is 0.373 e. The van der Waals surface area contributed by atoms with E-state index in [0.717, 1.165) is 11.6 Å². The Morgan fingerprint density at radius 3 is 2.58 bits per heavy atom. The molecule has 5 heteroatoms. The van der Waals surface area contributed by atoms with Crippen molar-refractivity contribution in [3.63, 3.8) is 0 Å². The highest BCUT2D eigenvalue weighted by molar-refractivity contribution is 5.98. The first-order chi connectivity index (χ1) is 9.13. The van der Waals surface area contributed by atoms with Crippen LogP contribution in [-0.2, 0) is 25.7 Å². The largest absolute Gasteiger partial charge is 0.502 e. The summed E-state index contributed by atoms with van der Waals surface area (Å²) in [6, 6.07) is 9.36. The maximum atomic E-state index is 11.4. The third-order valence-electron chi connectivity index (χ3n) is 2.14. The number of esters is 1. The van der Waals surface area contributed by atoms with Gasteiger partial charge >= 0.3 is 5.97 Å². The van der Waals surface area contributed by atoms with Crippen molar-refractivity contribution in [3.05, 3.63) is 47.7 Å². The Balaban J connectivity index is 2.35. The SMILES string of the molecule is CCOC(=O)/C(O)=C/C(=O)COCc1ccccc1. The van der Waals surface area contributed by atoms with Crippen molar-refractivity contribution in [2.45, 2.75) is 13.5 Å². The van der Waals surface area contributed by atoms with E-state index in [9.17, 15) is 14.7 Å². The second-order valence-electron chi connectivity index (χ2n) is 3.69. The predicted octanol–water partition coefficient (Wildman–Crippen LogP) is 1.78. The Labute approximate surface area is 111 Å². The van der Waals surface area contributed by atoms with E-state index in [-0.39, 0.29) is 13.2 Å². The van der Waals surface area contributed by atoms with E-state index in [2.05, 4.69) is 4.74 Å². The molecule has 1 aromatic rings. The van der Waals surface area contributed by atoms with Gasteiger partial charge in [-0.25, -0.2) is 4.79 Å². The number of benzene rings is 1. The van der Waals surface area contributed by atoms with E-state index < -0.39 is 17.5 Å². The highest BCUT2D eigenvalue weighted by Crippen LogP contribution is 2.01. The van der Waals surface area contributed by atoms with Gasteiger partial charge in [0, 0.05) is 6.08 Å². The van der Waals surface area contributed by atoms with Crippen molar-refractivity contribution in [1.82, 2.24) is 0 Å². The number of aliphatic hydroxyl groups excluding tert-OH is 1. The number of ketones is 1. The lowest BCUT2D eigenvalue weighted by Crippen LogP contribution is -2.12. The van der Waals surface area contributed by atoms with Gasteiger partial charge in [-0.1, -0.05) is 30.3 Å². The molecule has 0 radical (unpaired) electrons. The summed E-state index contributed by atoms with van der Waals surface area (Å²) in [5.41, 5.74) is 0.939. The summed E-state index contributed by atoms with van der Waals surface area (Å²) >= 11 is 0. The summed E-state index contributed by atoms with van der Waals surface area (Å²) in [5, 5.41) is 9.25. The van der Waals surface area contributed by atoms with Crippen molar-refractivity contribution >= 4 is 11.8 Å². The molecule has 0 heterocycles. The summed E-state index contributed by atoms with van der Waals surface area (Å²) in [5.74, 6) is -2.13. The van der Waals surface area contributed by atoms with Crippen molar-refractivity contribution in [2.24, 2.45) is 0 Å². The van der Waals surface area contributed by atoms with E-state index in [1.54, 1.807) is 6.92 Å². The number of rotatable bonds is 7. The summed E-state index contributed by atoms with van der Waals surface area (Å²) < 4.78 is 9.69. The third-order valence-corrected chi connectivity index (χ3v) is 2.14. The van der Waals surface area contributed by atoms with Crippen molar-refractivity contribution in [1.29, 1.82) is 0 Å². The van der Waals surface area contributed by atoms with Crippen LogP contribution in [0.25, 0.3) is 0 Å². The molecule has 0 bridgehead atoms. The van der Waals surface area contributed by atoms with E-state index in [4.69, 9.17) is 4.74 Å². The van der Waals surface area contributed by atoms with Crippen LogP contribution >= 0.6 is 0 Å². The Hall–Kier alpha value is -2.14. The lowest BCUT2D eigenvalue weighted by molar-refractivity contribution is -0.141. The maximum Gasteiger partial charge on any atom is 0.373 e. The van der Waals surface area contributed by atoms with Crippen LogP contribution in [0.15, 0.2) is 42.2 Å². The zero-order valence-electron chi connectivity index (χ0n) is 10.7. The van der Waals surface area contributed by atoms with Crippen LogP contribution in [0.2, 0.25) is 0 Å². The van der Waals surface area contributed by atoms with Crippen LogP contribution in [-0.4, -0.2) is 30.1 Å². The first-order valence-electron chi connectivity index (χ1n) is 5.85. The molecule has 0 atom stereocenters. The highest BCUT2D eigenvalue weighted by atomic mass is 16.5. The molecule has 0 spiro atoms. The molecule has 0 fully saturated rings. The fraction of sp³-hybridized carbons (Fsp3) is 0.286. The minimum absolute atomic E-state index is 0.134. The average Bonchev–Trinajstić information content (AvgIpc) is 2.40. The lowest BCUT2D eigenvalue weighted by atomic mass is 10.2. The summed E-state index contributed by atoms with van der Waals surface area (Å²) in [7, 11) is 0. The second kappa shape index (κ2) is 8.05. The molecule has 19 heavy (non-hydrogen) atoms. The van der Waals surface area contributed by atoms with Gasteiger partial charge in [0.1, 0.15) is 6.61 Å².